The predicted molar refractivity (Wildman–Crippen MR) is 85.8 cm³/mol. The topological polar surface area (TPSA) is 15.3 Å². The van der Waals surface area contributed by atoms with E-state index in [-0.39, 0.29) is 0 Å². The minimum absolute atomic E-state index is 0.458. The van der Waals surface area contributed by atoms with Crippen molar-refractivity contribution in [1.29, 1.82) is 0 Å². The highest BCUT2D eigenvalue weighted by Crippen LogP contribution is 2.48. The zero-order valence-corrected chi connectivity index (χ0v) is 13.8. The van der Waals surface area contributed by atoms with Crippen LogP contribution in [0.2, 0.25) is 0 Å². The first-order chi connectivity index (χ1) is 9.54. The van der Waals surface area contributed by atoms with Gasteiger partial charge in [-0.3, -0.25) is 0 Å². The summed E-state index contributed by atoms with van der Waals surface area (Å²) in [5, 5.41) is 3.59. The lowest BCUT2D eigenvalue weighted by Gasteiger charge is -2.41. The number of nitrogens with one attached hydrogen (secondary N) is 1. The van der Waals surface area contributed by atoms with Crippen molar-refractivity contribution < 1.29 is 0 Å². The Morgan fingerprint density at radius 1 is 1.15 bits per heavy atom. The lowest BCUT2D eigenvalue weighted by atomic mass is 9.74. The number of piperidine rings is 1. The fourth-order valence-corrected chi connectivity index (χ4v) is 5.41. The van der Waals surface area contributed by atoms with Crippen LogP contribution in [0.5, 0.6) is 0 Å². The fourth-order valence-electron chi connectivity index (χ4n) is 5.41. The molecule has 0 amide bonds. The standard InChI is InChI=1S/C18H34N2/c1-18(2,17-5-4-8-19-11-17)13-20(3)12-16-10-14-6-7-15(16)9-14/h14-17,19H,4-13H2,1-3H3. The van der Waals surface area contributed by atoms with Gasteiger partial charge < -0.3 is 10.2 Å². The summed E-state index contributed by atoms with van der Waals surface area (Å²) in [7, 11) is 2.37. The van der Waals surface area contributed by atoms with Crippen molar-refractivity contribution in [3.05, 3.63) is 0 Å². The van der Waals surface area contributed by atoms with Gasteiger partial charge in [0.05, 0.1) is 0 Å². The Bertz CT molecular complexity index is 319. The van der Waals surface area contributed by atoms with Gasteiger partial charge in [-0.1, -0.05) is 20.3 Å². The zero-order chi connectivity index (χ0) is 14.2. The summed E-state index contributed by atoms with van der Waals surface area (Å²) in [4.78, 5) is 2.65. The third kappa shape index (κ3) is 3.22. The summed E-state index contributed by atoms with van der Waals surface area (Å²) in [6.45, 7) is 10.1. The first kappa shape index (κ1) is 14.8. The molecule has 2 saturated carbocycles. The van der Waals surface area contributed by atoms with Gasteiger partial charge in [0, 0.05) is 13.1 Å². The average Bonchev–Trinajstić information content (AvgIpc) is 3.01. The molecule has 2 bridgehead atoms. The minimum Gasteiger partial charge on any atom is -0.316 e. The van der Waals surface area contributed by atoms with E-state index in [1.165, 1.54) is 58.3 Å². The molecule has 4 unspecified atom stereocenters. The molecule has 0 aromatic rings. The van der Waals surface area contributed by atoms with Gasteiger partial charge in [0.15, 0.2) is 0 Å². The van der Waals surface area contributed by atoms with Crippen molar-refractivity contribution >= 4 is 0 Å². The summed E-state index contributed by atoms with van der Waals surface area (Å²) in [6, 6.07) is 0. The van der Waals surface area contributed by atoms with E-state index in [0.29, 0.717) is 5.41 Å². The normalized spacial score (nSPS) is 37.8. The molecule has 116 valence electrons. The lowest BCUT2D eigenvalue weighted by Crippen LogP contribution is -2.45. The summed E-state index contributed by atoms with van der Waals surface area (Å²) < 4.78 is 0. The second kappa shape index (κ2) is 5.96. The van der Waals surface area contributed by atoms with Crippen LogP contribution in [-0.4, -0.2) is 38.1 Å². The van der Waals surface area contributed by atoms with E-state index in [0.717, 1.165) is 23.7 Å². The quantitative estimate of drug-likeness (QED) is 0.829. The number of hydrogen-bond donors (Lipinski definition) is 1. The first-order valence-electron chi connectivity index (χ1n) is 8.94. The molecule has 3 rings (SSSR count). The molecule has 0 aromatic heterocycles. The Labute approximate surface area is 125 Å². The Morgan fingerprint density at radius 2 is 2.00 bits per heavy atom. The summed E-state index contributed by atoms with van der Waals surface area (Å²) in [6.07, 6.45) is 8.92. The molecule has 1 N–H and O–H groups in total. The van der Waals surface area contributed by atoms with Gasteiger partial charge in [-0.25, -0.2) is 0 Å². The highest BCUT2D eigenvalue weighted by atomic mass is 15.1. The van der Waals surface area contributed by atoms with Crippen LogP contribution in [-0.2, 0) is 0 Å². The van der Waals surface area contributed by atoms with Gasteiger partial charge in [0.2, 0.25) is 0 Å². The van der Waals surface area contributed by atoms with Crippen LogP contribution in [0.4, 0.5) is 0 Å². The first-order valence-corrected chi connectivity index (χ1v) is 8.94. The van der Waals surface area contributed by atoms with Gasteiger partial charge in [-0.2, -0.15) is 0 Å². The Kier molecular flexibility index (Phi) is 4.42. The van der Waals surface area contributed by atoms with E-state index in [1.807, 2.05) is 0 Å². The van der Waals surface area contributed by atoms with Crippen LogP contribution in [0.1, 0.15) is 52.4 Å². The molecule has 4 atom stereocenters. The third-order valence-electron chi connectivity index (χ3n) is 6.51. The van der Waals surface area contributed by atoms with Gasteiger partial charge in [-0.15, -0.1) is 0 Å². The molecule has 1 aliphatic heterocycles. The molecule has 0 spiro atoms. The lowest BCUT2D eigenvalue weighted by molar-refractivity contribution is 0.0983. The smallest absolute Gasteiger partial charge is 0.00329 e. The highest BCUT2D eigenvalue weighted by Gasteiger charge is 2.40. The fraction of sp³-hybridized carbons (Fsp3) is 1.00. The van der Waals surface area contributed by atoms with Crippen molar-refractivity contribution in [2.45, 2.75) is 52.4 Å². The zero-order valence-electron chi connectivity index (χ0n) is 13.8. The van der Waals surface area contributed by atoms with Gasteiger partial charge in [-0.05, 0) is 81.3 Å². The summed E-state index contributed by atoms with van der Waals surface area (Å²) >= 11 is 0. The number of rotatable bonds is 5. The summed E-state index contributed by atoms with van der Waals surface area (Å²) in [5.41, 5.74) is 0.458. The van der Waals surface area contributed by atoms with Gasteiger partial charge >= 0.3 is 0 Å². The van der Waals surface area contributed by atoms with E-state index in [2.05, 4.69) is 31.1 Å². The Hall–Kier alpha value is -0.0800. The van der Waals surface area contributed by atoms with Crippen LogP contribution < -0.4 is 5.32 Å². The Balaban J connectivity index is 1.48. The van der Waals surface area contributed by atoms with Crippen molar-refractivity contribution in [3.63, 3.8) is 0 Å². The van der Waals surface area contributed by atoms with Crippen LogP contribution in [0.3, 0.4) is 0 Å². The maximum absolute atomic E-state index is 3.59. The van der Waals surface area contributed by atoms with Crippen molar-refractivity contribution in [2.75, 3.05) is 33.2 Å². The van der Waals surface area contributed by atoms with Crippen molar-refractivity contribution in [3.8, 4) is 0 Å². The van der Waals surface area contributed by atoms with Crippen molar-refractivity contribution in [2.24, 2.45) is 29.1 Å². The van der Waals surface area contributed by atoms with E-state index < -0.39 is 0 Å². The van der Waals surface area contributed by atoms with E-state index >= 15 is 0 Å². The second-order valence-electron chi connectivity index (χ2n) is 8.66. The molecular weight excluding hydrogens is 244 g/mol. The molecule has 1 saturated heterocycles. The average molecular weight is 278 g/mol. The molecule has 0 aromatic carbocycles. The molecule has 1 heterocycles. The SMILES string of the molecule is CN(CC1CC2CCC1C2)CC(C)(C)C1CCCNC1. The van der Waals surface area contributed by atoms with Crippen LogP contribution in [0.25, 0.3) is 0 Å². The third-order valence-corrected chi connectivity index (χ3v) is 6.51. The molecule has 3 aliphatic rings. The number of fused-ring (bicyclic) bond motifs is 2. The predicted octanol–water partition coefficient (Wildman–Crippen LogP) is 3.38. The Morgan fingerprint density at radius 3 is 2.60 bits per heavy atom. The molecule has 2 aliphatic carbocycles. The van der Waals surface area contributed by atoms with Gasteiger partial charge in [0.1, 0.15) is 0 Å². The molecule has 0 radical (unpaired) electrons. The largest absolute Gasteiger partial charge is 0.316 e. The monoisotopic (exact) mass is 278 g/mol. The maximum atomic E-state index is 3.59. The van der Waals surface area contributed by atoms with Gasteiger partial charge in [0.25, 0.3) is 0 Å². The van der Waals surface area contributed by atoms with Crippen molar-refractivity contribution in [1.82, 2.24) is 10.2 Å². The maximum Gasteiger partial charge on any atom is 0.00329 e. The van der Waals surface area contributed by atoms with Crippen LogP contribution in [0.15, 0.2) is 0 Å². The molecular formula is C18H34N2. The highest BCUT2D eigenvalue weighted by molar-refractivity contribution is 4.92. The number of nitrogens with zero attached hydrogens (tertiary/aromatic N) is 1. The van der Waals surface area contributed by atoms with E-state index in [1.54, 1.807) is 6.42 Å². The van der Waals surface area contributed by atoms with E-state index in [4.69, 9.17) is 0 Å². The molecule has 2 nitrogen and oxygen atoms in total. The van der Waals surface area contributed by atoms with E-state index in [9.17, 15) is 0 Å². The molecule has 2 heteroatoms. The van der Waals surface area contributed by atoms with Crippen LogP contribution >= 0.6 is 0 Å². The molecule has 3 fully saturated rings. The second-order valence-corrected chi connectivity index (χ2v) is 8.66. The summed E-state index contributed by atoms with van der Waals surface area (Å²) in [5.74, 6) is 4.04. The minimum atomic E-state index is 0.458. The van der Waals surface area contributed by atoms with Crippen LogP contribution in [0, 0.1) is 29.1 Å². The number of hydrogen-bond acceptors (Lipinski definition) is 2. The molecule has 20 heavy (non-hydrogen) atoms.